The van der Waals surface area contributed by atoms with Crippen molar-refractivity contribution in [3.8, 4) is 0 Å². The van der Waals surface area contributed by atoms with Crippen molar-refractivity contribution in [2.45, 2.75) is 26.3 Å². The molecule has 3 amide bonds. The van der Waals surface area contributed by atoms with Crippen LogP contribution in [0.4, 0.5) is 4.79 Å². The summed E-state index contributed by atoms with van der Waals surface area (Å²) in [4.78, 5) is 27.6. The zero-order chi connectivity index (χ0) is 16.8. The molecule has 0 saturated heterocycles. The van der Waals surface area contributed by atoms with Gasteiger partial charge in [0.1, 0.15) is 6.04 Å². The maximum Gasteiger partial charge on any atom is 0.312 e. The van der Waals surface area contributed by atoms with Gasteiger partial charge in [0.25, 0.3) is 0 Å². The Morgan fingerprint density at radius 1 is 1.22 bits per heavy atom. The predicted octanol–water partition coefficient (Wildman–Crippen LogP) is 1.59. The second-order valence-electron chi connectivity index (χ2n) is 5.76. The smallest absolute Gasteiger partial charge is 0.312 e. The highest BCUT2D eigenvalue weighted by molar-refractivity contribution is 5.87. The maximum atomic E-state index is 12.2. The molecule has 0 fully saturated rings. The van der Waals surface area contributed by atoms with Gasteiger partial charge < -0.3 is 16.4 Å². The molecular weight excluding hydrogens is 292 g/mol. The van der Waals surface area contributed by atoms with E-state index in [9.17, 15) is 9.59 Å². The van der Waals surface area contributed by atoms with Crippen LogP contribution in [0.2, 0.25) is 0 Å². The molecule has 0 aliphatic carbocycles. The van der Waals surface area contributed by atoms with E-state index in [4.69, 9.17) is 5.73 Å². The summed E-state index contributed by atoms with van der Waals surface area (Å²) in [6, 6.07) is 8.58. The predicted molar refractivity (Wildman–Crippen MR) is 89.8 cm³/mol. The van der Waals surface area contributed by atoms with Crippen molar-refractivity contribution in [1.82, 2.24) is 15.6 Å². The largest absolute Gasteiger partial charge is 0.354 e. The lowest BCUT2D eigenvalue weighted by Gasteiger charge is -2.20. The van der Waals surface area contributed by atoms with Crippen LogP contribution in [0, 0.1) is 5.92 Å². The van der Waals surface area contributed by atoms with Gasteiger partial charge in [-0.05, 0) is 24.0 Å². The highest BCUT2D eigenvalue weighted by Crippen LogP contribution is 2.16. The van der Waals surface area contributed by atoms with Crippen LogP contribution in [0.15, 0.2) is 36.5 Å². The Labute approximate surface area is 135 Å². The Balaban J connectivity index is 1.98. The first-order chi connectivity index (χ1) is 11.0. The van der Waals surface area contributed by atoms with Gasteiger partial charge >= 0.3 is 6.03 Å². The van der Waals surface area contributed by atoms with Crippen molar-refractivity contribution in [3.05, 3.63) is 42.1 Å². The Hall–Kier alpha value is -2.63. The highest BCUT2D eigenvalue weighted by atomic mass is 16.2. The molecule has 1 aromatic heterocycles. The number of primary amides is 1. The number of pyridine rings is 1. The Bertz CT molecular complexity index is 695. The lowest BCUT2D eigenvalue weighted by Crippen LogP contribution is -2.51. The number of aromatic nitrogens is 1. The summed E-state index contributed by atoms with van der Waals surface area (Å²) >= 11 is 0. The topological polar surface area (TPSA) is 97.1 Å². The Morgan fingerprint density at radius 3 is 2.65 bits per heavy atom. The molecule has 23 heavy (non-hydrogen) atoms. The summed E-state index contributed by atoms with van der Waals surface area (Å²) < 4.78 is 0. The lowest BCUT2D eigenvalue weighted by atomic mass is 10.0. The molecule has 0 bridgehead atoms. The normalized spacial score (nSPS) is 12.1. The minimum Gasteiger partial charge on any atom is -0.354 e. The molecule has 0 aliphatic heterocycles. The van der Waals surface area contributed by atoms with E-state index < -0.39 is 12.1 Å². The molecule has 4 N–H and O–H groups in total. The van der Waals surface area contributed by atoms with E-state index in [1.54, 1.807) is 6.20 Å². The van der Waals surface area contributed by atoms with Crippen molar-refractivity contribution < 1.29 is 9.59 Å². The third kappa shape index (κ3) is 4.42. The molecule has 1 heterocycles. The molecule has 6 heteroatoms. The SMILES string of the molecule is CC(C)C(NC(N)=O)C(=O)NCCc1cccc2cccnc12. The zero-order valence-electron chi connectivity index (χ0n) is 13.4. The Kier molecular flexibility index (Phi) is 5.51. The van der Waals surface area contributed by atoms with Gasteiger partial charge in [-0.2, -0.15) is 0 Å². The third-order valence-electron chi connectivity index (χ3n) is 3.66. The fourth-order valence-corrected chi connectivity index (χ4v) is 2.49. The first kappa shape index (κ1) is 16.7. The first-order valence-corrected chi connectivity index (χ1v) is 7.65. The number of nitrogens with one attached hydrogen (secondary N) is 2. The number of benzene rings is 1. The molecule has 1 atom stereocenters. The van der Waals surface area contributed by atoms with Crippen molar-refractivity contribution in [3.63, 3.8) is 0 Å². The van der Waals surface area contributed by atoms with E-state index in [1.807, 2.05) is 44.2 Å². The molecule has 0 spiro atoms. The third-order valence-corrected chi connectivity index (χ3v) is 3.66. The number of para-hydroxylation sites is 1. The van der Waals surface area contributed by atoms with Gasteiger partial charge in [-0.1, -0.05) is 38.1 Å². The van der Waals surface area contributed by atoms with Gasteiger partial charge in [0.15, 0.2) is 0 Å². The average molecular weight is 314 g/mol. The fraction of sp³-hybridized carbons (Fsp3) is 0.353. The number of carbonyl (C=O) groups excluding carboxylic acids is 2. The molecule has 2 rings (SSSR count). The quantitative estimate of drug-likeness (QED) is 0.755. The summed E-state index contributed by atoms with van der Waals surface area (Å²) in [6.07, 6.45) is 2.43. The van der Waals surface area contributed by atoms with Crippen molar-refractivity contribution >= 4 is 22.8 Å². The number of hydrogen-bond donors (Lipinski definition) is 3. The van der Waals surface area contributed by atoms with Gasteiger partial charge in [0, 0.05) is 18.1 Å². The van der Waals surface area contributed by atoms with Gasteiger partial charge in [-0.3, -0.25) is 9.78 Å². The van der Waals surface area contributed by atoms with Gasteiger partial charge in [0.05, 0.1) is 5.52 Å². The number of hydrogen-bond acceptors (Lipinski definition) is 3. The fourth-order valence-electron chi connectivity index (χ4n) is 2.49. The second kappa shape index (κ2) is 7.58. The van der Waals surface area contributed by atoms with E-state index >= 15 is 0 Å². The van der Waals surface area contributed by atoms with Crippen LogP contribution in [-0.2, 0) is 11.2 Å². The molecule has 122 valence electrons. The lowest BCUT2D eigenvalue weighted by molar-refractivity contribution is -0.123. The summed E-state index contributed by atoms with van der Waals surface area (Å²) in [7, 11) is 0. The van der Waals surface area contributed by atoms with Gasteiger partial charge in [-0.25, -0.2) is 4.79 Å². The van der Waals surface area contributed by atoms with Crippen LogP contribution < -0.4 is 16.4 Å². The van der Waals surface area contributed by atoms with E-state index in [0.717, 1.165) is 16.5 Å². The Morgan fingerprint density at radius 2 is 1.96 bits per heavy atom. The number of amides is 3. The molecule has 1 unspecified atom stereocenters. The van der Waals surface area contributed by atoms with E-state index in [1.165, 1.54) is 0 Å². The number of fused-ring (bicyclic) bond motifs is 1. The molecule has 0 radical (unpaired) electrons. The molecular formula is C17H22N4O2. The molecule has 1 aromatic carbocycles. The minimum absolute atomic E-state index is 0.0401. The minimum atomic E-state index is -0.697. The first-order valence-electron chi connectivity index (χ1n) is 7.65. The van der Waals surface area contributed by atoms with Crippen LogP contribution in [0.5, 0.6) is 0 Å². The van der Waals surface area contributed by atoms with E-state index in [0.29, 0.717) is 13.0 Å². The van der Waals surface area contributed by atoms with Crippen molar-refractivity contribution in [2.75, 3.05) is 6.54 Å². The number of nitrogens with zero attached hydrogens (tertiary/aromatic N) is 1. The molecule has 2 aromatic rings. The van der Waals surface area contributed by atoms with Gasteiger partial charge in [0.2, 0.25) is 5.91 Å². The van der Waals surface area contributed by atoms with Crippen LogP contribution in [0.3, 0.4) is 0 Å². The zero-order valence-corrected chi connectivity index (χ0v) is 13.4. The molecule has 0 saturated carbocycles. The standard InChI is InChI=1S/C17H22N4O2/c1-11(2)14(21-17(18)23)16(22)20-10-8-13-6-3-5-12-7-4-9-19-15(12)13/h3-7,9,11,14H,8,10H2,1-2H3,(H,20,22)(H3,18,21,23). The highest BCUT2D eigenvalue weighted by Gasteiger charge is 2.22. The molecule has 0 aliphatic rings. The summed E-state index contributed by atoms with van der Waals surface area (Å²) in [5, 5.41) is 6.39. The summed E-state index contributed by atoms with van der Waals surface area (Å²) in [5.41, 5.74) is 7.13. The van der Waals surface area contributed by atoms with E-state index in [2.05, 4.69) is 15.6 Å². The van der Waals surface area contributed by atoms with Crippen LogP contribution in [0.1, 0.15) is 19.4 Å². The van der Waals surface area contributed by atoms with E-state index in [-0.39, 0.29) is 11.8 Å². The van der Waals surface area contributed by atoms with Crippen LogP contribution in [0.25, 0.3) is 10.9 Å². The average Bonchev–Trinajstić information content (AvgIpc) is 2.52. The number of nitrogens with two attached hydrogens (primary N) is 1. The number of carbonyl (C=O) groups is 2. The summed E-state index contributed by atoms with van der Waals surface area (Å²) in [6.45, 7) is 4.18. The monoisotopic (exact) mass is 314 g/mol. The summed E-state index contributed by atoms with van der Waals surface area (Å²) in [5.74, 6) is -0.270. The van der Waals surface area contributed by atoms with Crippen molar-refractivity contribution in [2.24, 2.45) is 11.7 Å². The van der Waals surface area contributed by atoms with Crippen LogP contribution in [-0.4, -0.2) is 29.5 Å². The van der Waals surface area contributed by atoms with Gasteiger partial charge in [-0.15, -0.1) is 0 Å². The van der Waals surface area contributed by atoms with Crippen LogP contribution >= 0.6 is 0 Å². The maximum absolute atomic E-state index is 12.2. The number of rotatable bonds is 6. The van der Waals surface area contributed by atoms with Crippen molar-refractivity contribution in [1.29, 1.82) is 0 Å². The molecule has 6 nitrogen and oxygen atoms in total. The number of urea groups is 1. The second-order valence-corrected chi connectivity index (χ2v) is 5.76.